The number of unbranched alkanes of at least 4 members (excludes halogenated alkanes) is 7. The highest BCUT2D eigenvalue weighted by Crippen LogP contribution is 2.42. The zero-order valence-electron chi connectivity index (χ0n) is 33.6. The van der Waals surface area contributed by atoms with Crippen molar-refractivity contribution in [3.8, 4) is 34.1 Å². The summed E-state index contributed by atoms with van der Waals surface area (Å²) in [4.78, 5) is 0. The van der Waals surface area contributed by atoms with Gasteiger partial charge in [0.1, 0.15) is 11.5 Å². The van der Waals surface area contributed by atoms with E-state index >= 15 is 0 Å². The Hall–Kier alpha value is -4.44. The van der Waals surface area contributed by atoms with Crippen LogP contribution < -0.4 is 46.7 Å². The number of methoxy groups -OCH3 is 2. The number of para-hydroxylation sites is 2. The van der Waals surface area contributed by atoms with Crippen molar-refractivity contribution in [2.75, 3.05) is 14.2 Å². The molecule has 0 atom stereocenters. The van der Waals surface area contributed by atoms with Crippen LogP contribution >= 0.6 is 0 Å². The topological polar surface area (TPSA) is 226 Å². The third kappa shape index (κ3) is 12.1. The van der Waals surface area contributed by atoms with Crippen LogP contribution in [0.15, 0.2) is 93.8 Å². The molecular weight excluding hydrogens is 815 g/mol. The van der Waals surface area contributed by atoms with Gasteiger partial charge in [-0.15, -0.1) is 20.5 Å². The van der Waals surface area contributed by atoms with Crippen molar-refractivity contribution in [2.24, 2.45) is 0 Å². The van der Waals surface area contributed by atoms with Crippen LogP contribution in [0.4, 0.5) is 0 Å². The largest absolute Gasteiger partial charge is 0.497 e. The van der Waals surface area contributed by atoms with Crippen LogP contribution in [0.1, 0.15) is 84.7 Å². The fourth-order valence-corrected chi connectivity index (χ4v) is 8.52. The molecule has 8 rings (SSSR count). The van der Waals surface area contributed by atoms with Gasteiger partial charge in [-0.05, 0) is 122 Å². The number of benzene rings is 4. The van der Waals surface area contributed by atoms with Gasteiger partial charge in [0, 0.05) is 12.1 Å². The Bertz CT molecular complexity index is 2210. The zero-order chi connectivity index (χ0) is 42.9. The maximum Gasteiger partial charge on any atom is 0.364 e. The first kappa shape index (κ1) is 45.1. The molecular formula is C46H48Cl2O12. The SMILES string of the molecule is COc1ccc2c(c1)CCc1c-2[o+]c2ccccc2c1CCCCCCCCCCc1c2c([o+]c3ccccc13)-c1ccc(OC)cc1CC2.[O-][Cl+3]([O-])([O-])[O-].[O-][Cl+3]([O-])([O-])[O-]. The molecule has 0 saturated carbocycles. The van der Waals surface area contributed by atoms with E-state index < -0.39 is 20.5 Å². The van der Waals surface area contributed by atoms with Gasteiger partial charge in [-0.2, -0.15) is 0 Å². The minimum Gasteiger partial charge on any atom is -0.497 e. The highest BCUT2D eigenvalue weighted by Gasteiger charge is 2.33. The fraction of sp³-hybridized carbons (Fsp3) is 0.348. The second kappa shape index (κ2) is 20.4. The quantitative estimate of drug-likeness (QED) is 0.121. The summed E-state index contributed by atoms with van der Waals surface area (Å²) in [6.07, 6.45) is 16.6. The first-order valence-electron chi connectivity index (χ1n) is 20.0. The molecule has 0 bridgehead atoms. The molecule has 2 heterocycles. The highest BCUT2D eigenvalue weighted by molar-refractivity contribution is 5.87. The van der Waals surface area contributed by atoms with Crippen LogP contribution in [0.5, 0.6) is 11.5 Å². The van der Waals surface area contributed by atoms with Crippen molar-refractivity contribution in [3.63, 3.8) is 0 Å². The van der Waals surface area contributed by atoms with Gasteiger partial charge in [0.15, 0.2) is 0 Å². The van der Waals surface area contributed by atoms with Gasteiger partial charge < -0.3 is 9.47 Å². The number of hydrogen-bond acceptors (Lipinski definition) is 10. The van der Waals surface area contributed by atoms with Gasteiger partial charge in [0.2, 0.25) is 0 Å². The van der Waals surface area contributed by atoms with E-state index in [1.165, 1.54) is 107 Å². The van der Waals surface area contributed by atoms with Gasteiger partial charge >= 0.3 is 22.7 Å². The second-order valence-electron chi connectivity index (χ2n) is 14.9. The van der Waals surface area contributed by atoms with E-state index in [1.807, 2.05) is 0 Å². The average molecular weight is 864 g/mol. The first-order valence-corrected chi connectivity index (χ1v) is 22.5. The molecule has 0 fully saturated rings. The zero-order valence-corrected chi connectivity index (χ0v) is 35.1. The van der Waals surface area contributed by atoms with Gasteiger partial charge in [0.25, 0.3) is 0 Å². The summed E-state index contributed by atoms with van der Waals surface area (Å²) < 4.78 is 92.1. The van der Waals surface area contributed by atoms with Gasteiger partial charge in [-0.25, -0.2) is 46.1 Å². The third-order valence-electron chi connectivity index (χ3n) is 11.1. The Balaban J connectivity index is 0.000000543. The molecule has 0 amide bonds. The van der Waals surface area contributed by atoms with Crippen LogP contribution in [0, 0.1) is 20.5 Å². The summed E-state index contributed by atoms with van der Waals surface area (Å²) in [6.45, 7) is 0. The lowest BCUT2D eigenvalue weighted by Crippen LogP contribution is -2.68. The van der Waals surface area contributed by atoms with Crippen molar-refractivity contribution in [1.29, 1.82) is 0 Å². The molecule has 0 radical (unpaired) electrons. The summed E-state index contributed by atoms with van der Waals surface area (Å²) in [5, 5.41) is 2.57. The lowest BCUT2D eigenvalue weighted by Gasteiger charge is -2.17. The Morgan fingerprint density at radius 3 is 1.18 bits per heavy atom. The number of ether oxygens (including phenoxy) is 2. The molecule has 2 aliphatic rings. The van der Waals surface area contributed by atoms with Crippen LogP contribution in [0.3, 0.4) is 0 Å². The van der Waals surface area contributed by atoms with Crippen molar-refractivity contribution in [2.45, 2.75) is 89.9 Å². The second-order valence-corrected chi connectivity index (χ2v) is 16.4. The van der Waals surface area contributed by atoms with E-state index in [2.05, 4.69) is 84.9 Å². The summed E-state index contributed by atoms with van der Waals surface area (Å²) in [5.41, 5.74) is 12.9. The van der Waals surface area contributed by atoms with Crippen LogP contribution in [0.25, 0.3) is 44.6 Å². The van der Waals surface area contributed by atoms with Crippen molar-refractivity contribution >= 4 is 21.9 Å². The molecule has 60 heavy (non-hydrogen) atoms. The molecule has 0 aliphatic heterocycles. The smallest absolute Gasteiger partial charge is 0.364 e. The molecule has 12 nitrogen and oxygen atoms in total. The molecule has 2 aromatic heterocycles. The van der Waals surface area contributed by atoms with Crippen LogP contribution in [-0.2, 0) is 38.5 Å². The summed E-state index contributed by atoms with van der Waals surface area (Å²) in [5.74, 6) is 3.96. The van der Waals surface area contributed by atoms with Gasteiger partial charge in [0.05, 0.1) is 47.2 Å². The van der Waals surface area contributed by atoms with Crippen LogP contribution in [-0.4, -0.2) is 14.2 Å². The summed E-state index contributed by atoms with van der Waals surface area (Å²) >= 11 is 0. The Labute approximate surface area is 353 Å². The summed E-state index contributed by atoms with van der Waals surface area (Å²) in [6, 6.07) is 30.0. The van der Waals surface area contributed by atoms with E-state index in [9.17, 15) is 0 Å². The molecule has 6 aromatic rings. The predicted molar refractivity (Wildman–Crippen MR) is 204 cm³/mol. The van der Waals surface area contributed by atoms with E-state index in [-0.39, 0.29) is 0 Å². The lowest BCUT2D eigenvalue weighted by molar-refractivity contribution is -2.00. The lowest BCUT2D eigenvalue weighted by atomic mass is 9.85. The minimum absolute atomic E-state index is 0.918. The molecule has 4 aromatic carbocycles. The Kier molecular flexibility index (Phi) is 15.3. The average Bonchev–Trinajstić information content (AvgIpc) is 3.21. The predicted octanol–water partition coefficient (Wildman–Crippen LogP) is 2.68. The summed E-state index contributed by atoms with van der Waals surface area (Å²) in [7, 11) is -6.41. The van der Waals surface area contributed by atoms with E-state index in [1.54, 1.807) is 14.2 Å². The monoisotopic (exact) mass is 862 g/mol. The van der Waals surface area contributed by atoms with Gasteiger partial charge in [-0.1, -0.05) is 62.8 Å². The minimum atomic E-state index is -4.94. The van der Waals surface area contributed by atoms with E-state index in [4.69, 9.17) is 55.6 Å². The van der Waals surface area contributed by atoms with Crippen molar-refractivity contribution in [1.82, 2.24) is 0 Å². The molecule has 0 spiro atoms. The molecule has 0 N–H and O–H groups in total. The Morgan fingerprint density at radius 2 is 0.817 bits per heavy atom. The third-order valence-corrected chi connectivity index (χ3v) is 11.1. The van der Waals surface area contributed by atoms with Crippen molar-refractivity contribution < 1.29 is 76.1 Å². The number of halogens is 2. The molecule has 14 heteroatoms. The fourth-order valence-electron chi connectivity index (χ4n) is 8.52. The number of rotatable bonds is 13. The van der Waals surface area contributed by atoms with Gasteiger partial charge in [-0.3, -0.25) is 0 Å². The molecule has 0 saturated heterocycles. The number of fused-ring (bicyclic) bond motifs is 8. The molecule has 2 aliphatic carbocycles. The van der Waals surface area contributed by atoms with E-state index in [0.29, 0.717) is 0 Å². The number of aryl methyl sites for hydroxylation is 4. The normalized spacial score (nSPS) is 12.9. The van der Waals surface area contributed by atoms with Crippen molar-refractivity contribution in [3.05, 3.63) is 118 Å². The molecule has 0 unspecified atom stereocenters. The first-order chi connectivity index (χ1) is 28.7. The maximum absolute atomic E-state index is 8.49. The Morgan fingerprint density at radius 1 is 0.467 bits per heavy atom. The van der Waals surface area contributed by atoms with Crippen LogP contribution in [0.2, 0.25) is 0 Å². The van der Waals surface area contributed by atoms with E-state index in [0.717, 1.165) is 72.7 Å². The number of hydrogen-bond donors (Lipinski definition) is 0. The molecule has 318 valence electrons. The standard InChI is InChI=1S/C46H48O4.2ClHO4/c1-47-33-23-27-35-31(29-33)21-25-41-37(39-17-11-13-19-43(39)49-45(35)41)15-9-7-5-3-4-6-8-10-16-38-40-18-12-14-20-44(40)50-46-36-28-24-34(48-2)30-32(36)22-26-42(38)46;2*2-1(3,4)5/h11-14,17-20,23-24,27-30H,3-10,15-16,21-22,25-26H2,1-2H3;2*(H,2,3,4,5)/q+2;;/p-2. The highest BCUT2D eigenvalue weighted by atomic mass is 35.7. The maximum atomic E-state index is 8.49.